The van der Waals surface area contributed by atoms with Crippen molar-refractivity contribution >= 4 is 32.9 Å². The molecule has 5 heteroatoms. The van der Waals surface area contributed by atoms with Crippen molar-refractivity contribution < 1.29 is 4.21 Å². The van der Waals surface area contributed by atoms with Gasteiger partial charge < -0.3 is 11.1 Å². The summed E-state index contributed by atoms with van der Waals surface area (Å²) in [6, 6.07) is 6.00. The number of nitrogens with zero attached hydrogens (tertiary/aromatic N) is 1. The fourth-order valence-corrected chi connectivity index (χ4v) is 2.94. The molecule has 2 unspecified atom stereocenters. The molecule has 0 aliphatic rings. The molecule has 102 valence electrons. The number of hydrogen-bond donors (Lipinski definition) is 2. The van der Waals surface area contributed by atoms with Crippen molar-refractivity contribution in [3.63, 3.8) is 0 Å². The predicted octanol–water partition coefficient (Wildman–Crippen LogP) is 2.30. The molecule has 0 saturated carbocycles. The van der Waals surface area contributed by atoms with E-state index in [1.165, 1.54) is 0 Å². The fourth-order valence-electron chi connectivity index (χ4n) is 2.15. The fraction of sp³-hybridized carbons (Fsp3) is 0.357. The van der Waals surface area contributed by atoms with E-state index in [0.29, 0.717) is 5.75 Å². The van der Waals surface area contributed by atoms with Crippen LogP contribution in [-0.2, 0) is 10.8 Å². The average Bonchev–Trinajstić information content (AvgIpc) is 2.32. The minimum atomic E-state index is -0.811. The van der Waals surface area contributed by atoms with Crippen molar-refractivity contribution in [3.05, 3.63) is 30.1 Å². The average molecular weight is 277 g/mol. The Bertz CT molecular complexity index is 627. The maximum Gasteiger partial charge on any atom is 0.0431 e. The van der Waals surface area contributed by atoms with Crippen LogP contribution in [0.4, 0.5) is 11.4 Å². The zero-order valence-corrected chi connectivity index (χ0v) is 12.3. The molecular weight excluding hydrogens is 258 g/mol. The molecule has 2 atom stereocenters. The Hall–Kier alpha value is -1.62. The van der Waals surface area contributed by atoms with E-state index in [-0.39, 0.29) is 6.04 Å². The highest BCUT2D eigenvalue weighted by atomic mass is 32.2. The second kappa shape index (κ2) is 5.57. The van der Waals surface area contributed by atoms with Crippen molar-refractivity contribution in [2.75, 3.05) is 23.1 Å². The van der Waals surface area contributed by atoms with Gasteiger partial charge in [0.2, 0.25) is 0 Å². The smallest absolute Gasteiger partial charge is 0.0431 e. The summed E-state index contributed by atoms with van der Waals surface area (Å²) in [6.45, 7) is 3.98. The summed E-state index contributed by atoms with van der Waals surface area (Å²) in [5.74, 6) is 0.621. The molecule has 3 N–H and O–H groups in total. The van der Waals surface area contributed by atoms with Crippen LogP contribution < -0.4 is 11.1 Å². The standard InChI is InChI=1S/C14H19N3OS/c1-9-6-11-12(7-16-9)13(15)4-5-14(11)17-10(2)8-19(3)18/h4-7,10,17H,8,15H2,1-3H3. The lowest BCUT2D eigenvalue weighted by Crippen LogP contribution is -2.22. The molecule has 4 nitrogen and oxygen atoms in total. The number of pyridine rings is 1. The first-order chi connectivity index (χ1) is 8.97. The number of nitrogens with two attached hydrogens (primary N) is 1. The monoisotopic (exact) mass is 277 g/mol. The molecule has 0 saturated heterocycles. The Kier molecular flexibility index (Phi) is 4.04. The Labute approximate surface area is 115 Å². The zero-order chi connectivity index (χ0) is 14.0. The van der Waals surface area contributed by atoms with Crippen molar-refractivity contribution in [1.82, 2.24) is 4.98 Å². The van der Waals surface area contributed by atoms with Gasteiger partial charge in [0.25, 0.3) is 0 Å². The highest BCUT2D eigenvalue weighted by molar-refractivity contribution is 7.84. The number of aromatic nitrogens is 1. The van der Waals surface area contributed by atoms with E-state index in [2.05, 4.69) is 10.3 Å². The van der Waals surface area contributed by atoms with Gasteiger partial charge in [-0.05, 0) is 32.0 Å². The summed E-state index contributed by atoms with van der Waals surface area (Å²) in [7, 11) is -0.811. The van der Waals surface area contributed by atoms with Crippen LogP contribution in [0.1, 0.15) is 12.6 Å². The Morgan fingerprint density at radius 3 is 2.84 bits per heavy atom. The first-order valence-electron chi connectivity index (χ1n) is 6.19. The molecule has 0 aliphatic heterocycles. The molecule has 0 amide bonds. The number of benzene rings is 1. The third-order valence-electron chi connectivity index (χ3n) is 2.96. The molecule has 0 spiro atoms. The summed E-state index contributed by atoms with van der Waals surface area (Å²) < 4.78 is 11.3. The lowest BCUT2D eigenvalue weighted by atomic mass is 10.1. The third-order valence-corrected chi connectivity index (χ3v) is 3.93. The van der Waals surface area contributed by atoms with Gasteiger partial charge in [0.1, 0.15) is 0 Å². The molecule has 0 bridgehead atoms. The van der Waals surface area contributed by atoms with E-state index in [1.54, 1.807) is 12.5 Å². The third kappa shape index (κ3) is 3.23. The highest BCUT2D eigenvalue weighted by Crippen LogP contribution is 2.28. The molecule has 1 aromatic heterocycles. The molecule has 0 fully saturated rings. The van der Waals surface area contributed by atoms with E-state index in [1.807, 2.05) is 32.0 Å². The number of anilines is 2. The molecule has 19 heavy (non-hydrogen) atoms. The molecule has 2 aromatic rings. The molecular formula is C14H19N3OS. The van der Waals surface area contributed by atoms with Gasteiger partial charge >= 0.3 is 0 Å². The summed E-state index contributed by atoms with van der Waals surface area (Å²) in [4.78, 5) is 4.28. The van der Waals surface area contributed by atoms with Crippen molar-refractivity contribution in [2.45, 2.75) is 19.9 Å². The van der Waals surface area contributed by atoms with Crippen molar-refractivity contribution in [3.8, 4) is 0 Å². The topological polar surface area (TPSA) is 68.0 Å². The van der Waals surface area contributed by atoms with E-state index >= 15 is 0 Å². The normalized spacial score (nSPS) is 14.3. The number of rotatable bonds is 4. The first-order valence-corrected chi connectivity index (χ1v) is 7.91. The van der Waals surface area contributed by atoms with Crippen LogP contribution in [0, 0.1) is 6.92 Å². The summed E-state index contributed by atoms with van der Waals surface area (Å²) in [5.41, 5.74) is 8.65. The molecule has 1 heterocycles. The van der Waals surface area contributed by atoms with Crippen molar-refractivity contribution in [1.29, 1.82) is 0 Å². The van der Waals surface area contributed by atoms with Gasteiger partial charge in [-0.2, -0.15) is 0 Å². The van der Waals surface area contributed by atoms with Gasteiger partial charge in [-0.15, -0.1) is 0 Å². The van der Waals surface area contributed by atoms with Crippen LogP contribution in [0.2, 0.25) is 0 Å². The quantitative estimate of drug-likeness (QED) is 0.842. The zero-order valence-electron chi connectivity index (χ0n) is 11.4. The van der Waals surface area contributed by atoms with Crippen LogP contribution in [0.3, 0.4) is 0 Å². The highest BCUT2D eigenvalue weighted by Gasteiger charge is 2.09. The molecule has 2 rings (SSSR count). The van der Waals surface area contributed by atoms with E-state index < -0.39 is 10.8 Å². The maximum atomic E-state index is 11.3. The van der Waals surface area contributed by atoms with E-state index in [0.717, 1.165) is 27.8 Å². The van der Waals surface area contributed by atoms with E-state index in [4.69, 9.17) is 5.73 Å². The number of nitrogen functional groups attached to an aromatic ring is 1. The number of fused-ring (bicyclic) bond motifs is 1. The minimum absolute atomic E-state index is 0.145. The van der Waals surface area contributed by atoms with Gasteiger partial charge in [0.05, 0.1) is 0 Å². The molecule has 1 aromatic carbocycles. The predicted molar refractivity (Wildman–Crippen MR) is 82.9 cm³/mol. The minimum Gasteiger partial charge on any atom is -0.398 e. The first kappa shape index (κ1) is 13.8. The second-order valence-corrected chi connectivity index (χ2v) is 6.34. The molecule has 0 radical (unpaired) electrons. The largest absolute Gasteiger partial charge is 0.398 e. The van der Waals surface area contributed by atoms with Gasteiger partial charge in [-0.1, -0.05) is 0 Å². The van der Waals surface area contributed by atoms with Crippen LogP contribution in [0.25, 0.3) is 10.8 Å². The molecule has 0 aliphatic carbocycles. The summed E-state index contributed by atoms with van der Waals surface area (Å²) in [5, 5.41) is 5.40. The van der Waals surface area contributed by atoms with E-state index in [9.17, 15) is 4.21 Å². The SMILES string of the molecule is Cc1cc2c(NC(C)CS(C)=O)ccc(N)c2cn1. The van der Waals surface area contributed by atoms with Crippen LogP contribution in [0.5, 0.6) is 0 Å². The lowest BCUT2D eigenvalue weighted by molar-refractivity contribution is 0.683. The summed E-state index contributed by atoms with van der Waals surface area (Å²) >= 11 is 0. The summed E-state index contributed by atoms with van der Waals surface area (Å²) in [6.07, 6.45) is 3.52. The number of nitrogens with one attached hydrogen (secondary N) is 1. The van der Waals surface area contributed by atoms with Crippen LogP contribution >= 0.6 is 0 Å². The number of aryl methyl sites for hydroxylation is 1. The van der Waals surface area contributed by atoms with Gasteiger partial charge in [-0.3, -0.25) is 9.19 Å². The maximum absolute atomic E-state index is 11.3. The Morgan fingerprint density at radius 1 is 1.42 bits per heavy atom. The van der Waals surface area contributed by atoms with Crippen LogP contribution in [-0.4, -0.2) is 27.2 Å². The van der Waals surface area contributed by atoms with Gasteiger partial charge in [0, 0.05) is 62.9 Å². The Morgan fingerprint density at radius 2 is 2.16 bits per heavy atom. The van der Waals surface area contributed by atoms with Gasteiger partial charge in [-0.25, -0.2) is 0 Å². The Balaban J connectivity index is 2.40. The van der Waals surface area contributed by atoms with Crippen molar-refractivity contribution in [2.24, 2.45) is 0 Å². The number of hydrogen-bond acceptors (Lipinski definition) is 4. The van der Waals surface area contributed by atoms with Crippen LogP contribution in [0.15, 0.2) is 24.4 Å². The second-order valence-electron chi connectivity index (χ2n) is 4.86. The lowest BCUT2D eigenvalue weighted by Gasteiger charge is -2.16. The van der Waals surface area contributed by atoms with Gasteiger partial charge in [0.15, 0.2) is 0 Å².